The Morgan fingerprint density at radius 1 is 0.889 bits per heavy atom. The summed E-state index contributed by atoms with van der Waals surface area (Å²) in [5.41, 5.74) is 1.47. The van der Waals surface area contributed by atoms with Crippen LogP contribution in [0.1, 0.15) is 90.2 Å². The summed E-state index contributed by atoms with van der Waals surface area (Å²) in [6.07, 6.45) is 19.7. The first-order valence-corrected chi connectivity index (χ1v) is 11.2. The van der Waals surface area contributed by atoms with Gasteiger partial charge in [0.2, 0.25) is 0 Å². The normalized spacial score (nSPS) is 13.8. The van der Waals surface area contributed by atoms with Gasteiger partial charge in [0.05, 0.1) is 6.33 Å². The van der Waals surface area contributed by atoms with Crippen molar-refractivity contribution in [3.63, 3.8) is 0 Å². The van der Waals surface area contributed by atoms with Crippen molar-refractivity contribution < 1.29 is 0 Å². The summed E-state index contributed by atoms with van der Waals surface area (Å²) >= 11 is 0. The summed E-state index contributed by atoms with van der Waals surface area (Å²) in [5.74, 6) is 1.28. The van der Waals surface area contributed by atoms with E-state index in [2.05, 4.69) is 66.9 Å². The molecule has 1 heterocycles. The monoisotopic (exact) mass is 368 g/mol. The average molecular weight is 369 g/mol. The minimum absolute atomic E-state index is 0.525. The summed E-state index contributed by atoms with van der Waals surface area (Å²) in [7, 11) is 0. The van der Waals surface area contributed by atoms with Crippen molar-refractivity contribution >= 4 is 0 Å². The molecule has 0 saturated carbocycles. The molecule has 1 aromatic heterocycles. The lowest BCUT2D eigenvalue weighted by Crippen LogP contribution is -2.25. The standard InChI is InChI=1S/C25H40N2/c1-4-5-6-7-8-9-10-14-17-24(20-23-15-12-11-13-16-23)25(22(2)3)27-19-18-26-21-27/h11-13,15-16,18-19,21-22,24-25H,4-10,14,17,20H2,1-3H3. The molecule has 0 bridgehead atoms. The van der Waals surface area contributed by atoms with Crippen molar-refractivity contribution in [1.29, 1.82) is 0 Å². The molecule has 0 aliphatic carbocycles. The molecule has 2 aromatic rings. The third-order valence-electron chi connectivity index (χ3n) is 5.80. The number of aromatic nitrogens is 2. The molecule has 2 heteroatoms. The predicted molar refractivity (Wildman–Crippen MR) is 117 cm³/mol. The Morgan fingerprint density at radius 3 is 2.15 bits per heavy atom. The van der Waals surface area contributed by atoms with Crippen LogP contribution in [0.4, 0.5) is 0 Å². The molecule has 2 unspecified atom stereocenters. The van der Waals surface area contributed by atoms with Crippen molar-refractivity contribution in [1.82, 2.24) is 9.55 Å². The van der Waals surface area contributed by atoms with Gasteiger partial charge in [-0.15, -0.1) is 0 Å². The van der Waals surface area contributed by atoms with Gasteiger partial charge >= 0.3 is 0 Å². The van der Waals surface area contributed by atoms with Gasteiger partial charge in [0.1, 0.15) is 0 Å². The molecule has 27 heavy (non-hydrogen) atoms. The van der Waals surface area contributed by atoms with Gasteiger partial charge in [-0.3, -0.25) is 0 Å². The summed E-state index contributed by atoms with van der Waals surface area (Å²) in [6.45, 7) is 7.01. The lowest BCUT2D eigenvalue weighted by atomic mass is 9.82. The molecule has 2 nitrogen and oxygen atoms in total. The van der Waals surface area contributed by atoms with Crippen molar-refractivity contribution in [3.05, 3.63) is 54.6 Å². The van der Waals surface area contributed by atoms with Gasteiger partial charge in [-0.25, -0.2) is 4.98 Å². The molecule has 2 atom stereocenters. The fourth-order valence-electron chi connectivity index (χ4n) is 4.43. The van der Waals surface area contributed by atoms with Crippen LogP contribution in [-0.4, -0.2) is 9.55 Å². The molecule has 0 amide bonds. The molecule has 0 saturated heterocycles. The van der Waals surface area contributed by atoms with Crippen LogP contribution in [0.3, 0.4) is 0 Å². The van der Waals surface area contributed by atoms with E-state index < -0.39 is 0 Å². The fourth-order valence-corrected chi connectivity index (χ4v) is 4.43. The SMILES string of the molecule is CCCCCCCCCCC(Cc1ccccc1)C(C(C)C)n1ccnc1. The maximum Gasteiger partial charge on any atom is 0.0948 e. The third-order valence-corrected chi connectivity index (χ3v) is 5.80. The Kier molecular flexibility index (Phi) is 10.3. The second-order valence-corrected chi connectivity index (χ2v) is 8.46. The number of rotatable bonds is 14. The van der Waals surface area contributed by atoms with Crippen LogP contribution in [0.25, 0.3) is 0 Å². The van der Waals surface area contributed by atoms with Crippen LogP contribution in [0, 0.1) is 11.8 Å². The lowest BCUT2D eigenvalue weighted by Gasteiger charge is -2.32. The van der Waals surface area contributed by atoms with Gasteiger partial charge in [-0.2, -0.15) is 0 Å². The zero-order chi connectivity index (χ0) is 19.3. The van der Waals surface area contributed by atoms with Gasteiger partial charge in [0, 0.05) is 18.4 Å². The van der Waals surface area contributed by atoms with Crippen LogP contribution in [0.15, 0.2) is 49.1 Å². The maximum atomic E-state index is 4.32. The third kappa shape index (κ3) is 7.91. The number of unbranched alkanes of at least 4 members (excludes halogenated alkanes) is 7. The molecule has 150 valence electrons. The van der Waals surface area contributed by atoms with Gasteiger partial charge < -0.3 is 4.57 Å². The van der Waals surface area contributed by atoms with E-state index in [1.807, 2.05) is 12.5 Å². The van der Waals surface area contributed by atoms with Gasteiger partial charge in [-0.1, -0.05) is 102 Å². The molecule has 0 aliphatic heterocycles. The summed E-state index contributed by atoms with van der Waals surface area (Å²) in [6, 6.07) is 11.6. The Labute approximate surface area is 167 Å². The fraction of sp³-hybridized carbons (Fsp3) is 0.640. The van der Waals surface area contributed by atoms with E-state index in [0.717, 1.165) is 0 Å². The quantitative estimate of drug-likeness (QED) is 0.316. The van der Waals surface area contributed by atoms with Crippen molar-refractivity contribution in [2.24, 2.45) is 11.8 Å². The zero-order valence-corrected chi connectivity index (χ0v) is 17.8. The molecule has 0 radical (unpaired) electrons. The van der Waals surface area contributed by atoms with Crippen LogP contribution in [0.5, 0.6) is 0 Å². The van der Waals surface area contributed by atoms with Crippen LogP contribution in [-0.2, 0) is 6.42 Å². The molecular weight excluding hydrogens is 328 g/mol. The zero-order valence-electron chi connectivity index (χ0n) is 17.8. The molecular formula is C25H40N2. The summed E-state index contributed by atoms with van der Waals surface area (Å²) < 4.78 is 2.35. The van der Waals surface area contributed by atoms with E-state index in [1.54, 1.807) is 0 Å². The molecule has 2 rings (SSSR count). The van der Waals surface area contributed by atoms with E-state index in [4.69, 9.17) is 0 Å². The number of nitrogens with zero attached hydrogens (tertiary/aromatic N) is 2. The summed E-state index contributed by atoms with van der Waals surface area (Å²) in [4.78, 5) is 4.32. The van der Waals surface area contributed by atoms with Crippen LogP contribution >= 0.6 is 0 Å². The Balaban J connectivity index is 1.91. The number of hydrogen-bond donors (Lipinski definition) is 0. The number of hydrogen-bond acceptors (Lipinski definition) is 1. The highest BCUT2D eigenvalue weighted by atomic mass is 15.1. The average Bonchev–Trinajstić information content (AvgIpc) is 3.18. The minimum Gasteiger partial charge on any atom is -0.334 e. The Morgan fingerprint density at radius 2 is 1.56 bits per heavy atom. The van der Waals surface area contributed by atoms with Crippen molar-refractivity contribution in [2.75, 3.05) is 0 Å². The molecule has 0 fully saturated rings. The predicted octanol–water partition coefficient (Wildman–Crippen LogP) is 7.47. The van der Waals surface area contributed by atoms with E-state index >= 15 is 0 Å². The molecule has 0 spiro atoms. The van der Waals surface area contributed by atoms with Gasteiger partial charge in [0.15, 0.2) is 0 Å². The first kappa shape index (κ1) is 21.7. The summed E-state index contributed by atoms with van der Waals surface area (Å²) in [5, 5.41) is 0. The molecule has 0 aliphatic rings. The highest BCUT2D eigenvalue weighted by molar-refractivity contribution is 5.15. The molecule has 0 N–H and O–H groups in total. The largest absolute Gasteiger partial charge is 0.334 e. The van der Waals surface area contributed by atoms with E-state index in [0.29, 0.717) is 17.9 Å². The minimum atomic E-state index is 0.525. The second-order valence-electron chi connectivity index (χ2n) is 8.46. The van der Waals surface area contributed by atoms with Crippen molar-refractivity contribution in [3.8, 4) is 0 Å². The van der Waals surface area contributed by atoms with Gasteiger partial charge in [0.25, 0.3) is 0 Å². The van der Waals surface area contributed by atoms with E-state index in [1.165, 1.54) is 69.8 Å². The highest BCUT2D eigenvalue weighted by Gasteiger charge is 2.25. The maximum absolute atomic E-state index is 4.32. The number of imidazole rings is 1. The number of benzene rings is 1. The van der Waals surface area contributed by atoms with Crippen molar-refractivity contribution in [2.45, 2.75) is 91.0 Å². The lowest BCUT2D eigenvalue weighted by molar-refractivity contribution is 0.234. The molecule has 1 aromatic carbocycles. The van der Waals surface area contributed by atoms with E-state index in [-0.39, 0.29) is 0 Å². The Bertz CT molecular complexity index is 574. The topological polar surface area (TPSA) is 17.8 Å². The first-order valence-electron chi connectivity index (χ1n) is 11.2. The smallest absolute Gasteiger partial charge is 0.0948 e. The van der Waals surface area contributed by atoms with E-state index in [9.17, 15) is 0 Å². The Hall–Kier alpha value is -1.57. The van der Waals surface area contributed by atoms with Gasteiger partial charge in [-0.05, 0) is 30.2 Å². The highest BCUT2D eigenvalue weighted by Crippen LogP contribution is 2.33. The second kappa shape index (κ2) is 12.8. The van der Waals surface area contributed by atoms with Crippen LogP contribution in [0.2, 0.25) is 0 Å². The first-order chi connectivity index (χ1) is 13.2. The van der Waals surface area contributed by atoms with Crippen LogP contribution < -0.4 is 0 Å².